The van der Waals surface area contributed by atoms with Gasteiger partial charge in [0.15, 0.2) is 0 Å². The third-order valence-electron chi connectivity index (χ3n) is 3.73. The van der Waals surface area contributed by atoms with Crippen molar-refractivity contribution in [3.63, 3.8) is 0 Å². The van der Waals surface area contributed by atoms with Gasteiger partial charge in [-0.2, -0.15) is 0 Å². The summed E-state index contributed by atoms with van der Waals surface area (Å²) in [7, 11) is 0. The third kappa shape index (κ3) is 2.56. The molecule has 0 aliphatic carbocycles. The number of anilines is 1. The zero-order valence-corrected chi connectivity index (χ0v) is 11.7. The van der Waals surface area contributed by atoms with Crippen molar-refractivity contribution >= 4 is 34.3 Å². The summed E-state index contributed by atoms with van der Waals surface area (Å²) in [5, 5.41) is 10.8. The number of carboxylic acid groups (broad SMARTS) is 1. The molecule has 1 aliphatic heterocycles. The van der Waals surface area contributed by atoms with Crippen LogP contribution in [0.1, 0.15) is 12.8 Å². The summed E-state index contributed by atoms with van der Waals surface area (Å²) in [6.45, 7) is 1.37. The van der Waals surface area contributed by atoms with E-state index in [0.29, 0.717) is 11.6 Å². The number of carboxylic acids is 1. The molecule has 0 bridgehead atoms. The van der Waals surface area contributed by atoms with Gasteiger partial charge in [-0.1, -0.05) is 17.7 Å². The van der Waals surface area contributed by atoms with Gasteiger partial charge in [0.1, 0.15) is 5.82 Å². The molecular weight excluding hydrogens is 276 g/mol. The van der Waals surface area contributed by atoms with E-state index >= 15 is 0 Å². The average Bonchev–Trinajstić information content (AvgIpc) is 2.46. The number of rotatable bonds is 2. The van der Waals surface area contributed by atoms with Crippen molar-refractivity contribution in [1.82, 2.24) is 4.98 Å². The number of hydrogen-bond donors (Lipinski definition) is 1. The predicted molar refractivity (Wildman–Crippen MR) is 79.3 cm³/mol. The van der Waals surface area contributed by atoms with Crippen LogP contribution in [-0.2, 0) is 4.79 Å². The van der Waals surface area contributed by atoms with E-state index in [4.69, 9.17) is 16.7 Å². The maximum atomic E-state index is 11.1. The van der Waals surface area contributed by atoms with E-state index in [0.717, 1.165) is 36.1 Å². The molecule has 1 aromatic carbocycles. The minimum Gasteiger partial charge on any atom is -0.481 e. The molecule has 1 N–H and O–H groups in total. The number of piperidine rings is 1. The minimum absolute atomic E-state index is 0.305. The Morgan fingerprint density at radius 1 is 1.35 bits per heavy atom. The number of pyridine rings is 1. The van der Waals surface area contributed by atoms with E-state index in [2.05, 4.69) is 4.98 Å². The molecule has 1 fully saturated rings. The Balaban J connectivity index is 1.91. The van der Waals surface area contributed by atoms with Gasteiger partial charge in [0.05, 0.1) is 11.4 Å². The topological polar surface area (TPSA) is 53.4 Å². The van der Waals surface area contributed by atoms with Gasteiger partial charge < -0.3 is 10.0 Å². The van der Waals surface area contributed by atoms with Crippen LogP contribution < -0.4 is 4.90 Å². The zero-order chi connectivity index (χ0) is 14.1. The predicted octanol–water partition coefficient (Wildman–Crippen LogP) is 3.19. The highest BCUT2D eigenvalue weighted by atomic mass is 35.5. The highest BCUT2D eigenvalue weighted by Crippen LogP contribution is 2.25. The van der Waals surface area contributed by atoms with Gasteiger partial charge in [0.25, 0.3) is 0 Å². The SMILES string of the molecule is O=C(O)C1CCCN(c2ccc3ccc(Cl)cc3n2)C1. The second-order valence-corrected chi connectivity index (χ2v) is 5.57. The Hall–Kier alpha value is -1.81. The molecule has 1 aromatic heterocycles. The van der Waals surface area contributed by atoms with Gasteiger partial charge in [-0.3, -0.25) is 4.79 Å². The van der Waals surface area contributed by atoms with E-state index in [1.54, 1.807) is 0 Å². The molecular formula is C15H15ClN2O2. The van der Waals surface area contributed by atoms with Crippen LogP contribution in [0.5, 0.6) is 0 Å². The molecule has 0 spiro atoms. The Bertz CT molecular complexity index is 659. The van der Waals surface area contributed by atoms with E-state index in [9.17, 15) is 4.79 Å². The summed E-state index contributed by atoms with van der Waals surface area (Å²) in [5.41, 5.74) is 0.840. The van der Waals surface area contributed by atoms with Gasteiger partial charge in [-0.05, 0) is 37.1 Å². The number of benzene rings is 1. The first kappa shape index (κ1) is 13.2. The molecule has 5 heteroatoms. The van der Waals surface area contributed by atoms with E-state index < -0.39 is 5.97 Å². The van der Waals surface area contributed by atoms with Crippen molar-refractivity contribution in [2.45, 2.75) is 12.8 Å². The molecule has 1 unspecified atom stereocenters. The quantitative estimate of drug-likeness (QED) is 0.923. The van der Waals surface area contributed by atoms with Crippen molar-refractivity contribution in [2.24, 2.45) is 5.92 Å². The minimum atomic E-state index is -0.724. The molecule has 2 heterocycles. The van der Waals surface area contributed by atoms with Crippen molar-refractivity contribution in [2.75, 3.05) is 18.0 Å². The van der Waals surface area contributed by atoms with Crippen LogP contribution in [0.25, 0.3) is 10.9 Å². The molecule has 3 rings (SSSR count). The Labute approximate surface area is 122 Å². The lowest BCUT2D eigenvalue weighted by Gasteiger charge is -2.31. The second kappa shape index (κ2) is 5.29. The fourth-order valence-corrected chi connectivity index (χ4v) is 2.81. The maximum absolute atomic E-state index is 11.1. The Morgan fingerprint density at radius 2 is 2.15 bits per heavy atom. The van der Waals surface area contributed by atoms with E-state index in [1.807, 2.05) is 35.2 Å². The van der Waals surface area contributed by atoms with Crippen molar-refractivity contribution in [3.8, 4) is 0 Å². The first-order valence-corrected chi connectivity index (χ1v) is 7.05. The Kier molecular flexibility index (Phi) is 3.49. The largest absolute Gasteiger partial charge is 0.481 e. The molecule has 2 aromatic rings. The van der Waals surface area contributed by atoms with Crippen LogP contribution in [0.15, 0.2) is 30.3 Å². The van der Waals surface area contributed by atoms with Crippen LogP contribution in [-0.4, -0.2) is 29.1 Å². The summed E-state index contributed by atoms with van der Waals surface area (Å²) in [6.07, 6.45) is 1.62. The van der Waals surface area contributed by atoms with Gasteiger partial charge in [-0.15, -0.1) is 0 Å². The van der Waals surface area contributed by atoms with Crippen LogP contribution in [0.3, 0.4) is 0 Å². The molecule has 1 atom stereocenters. The maximum Gasteiger partial charge on any atom is 0.308 e. The van der Waals surface area contributed by atoms with Crippen molar-refractivity contribution < 1.29 is 9.90 Å². The molecule has 104 valence electrons. The van der Waals surface area contributed by atoms with Crippen molar-refractivity contribution in [1.29, 1.82) is 0 Å². The molecule has 1 saturated heterocycles. The normalized spacial score (nSPS) is 19.2. The van der Waals surface area contributed by atoms with Gasteiger partial charge in [0.2, 0.25) is 0 Å². The highest BCUT2D eigenvalue weighted by Gasteiger charge is 2.26. The zero-order valence-electron chi connectivity index (χ0n) is 10.9. The monoisotopic (exact) mass is 290 g/mol. The molecule has 4 nitrogen and oxygen atoms in total. The molecule has 0 saturated carbocycles. The van der Waals surface area contributed by atoms with E-state index in [-0.39, 0.29) is 5.92 Å². The lowest BCUT2D eigenvalue weighted by Crippen LogP contribution is -2.39. The van der Waals surface area contributed by atoms with Gasteiger partial charge >= 0.3 is 5.97 Å². The fraction of sp³-hybridized carbons (Fsp3) is 0.333. The number of halogens is 1. The number of hydrogen-bond acceptors (Lipinski definition) is 3. The molecule has 1 aliphatic rings. The fourth-order valence-electron chi connectivity index (χ4n) is 2.64. The summed E-state index contributed by atoms with van der Waals surface area (Å²) >= 11 is 5.99. The third-order valence-corrected chi connectivity index (χ3v) is 3.97. The van der Waals surface area contributed by atoms with Crippen LogP contribution in [0, 0.1) is 5.92 Å². The number of fused-ring (bicyclic) bond motifs is 1. The lowest BCUT2D eigenvalue weighted by molar-refractivity contribution is -0.141. The van der Waals surface area contributed by atoms with Crippen LogP contribution in [0.2, 0.25) is 5.02 Å². The van der Waals surface area contributed by atoms with Gasteiger partial charge in [-0.25, -0.2) is 4.98 Å². The number of nitrogens with zero attached hydrogens (tertiary/aromatic N) is 2. The van der Waals surface area contributed by atoms with Crippen molar-refractivity contribution in [3.05, 3.63) is 35.4 Å². The Morgan fingerprint density at radius 3 is 2.95 bits per heavy atom. The van der Waals surface area contributed by atoms with Gasteiger partial charge in [0, 0.05) is 23.5 Å². The highest BCUT2D eigenvalue weighted by molar-refractivity contribution is 6.31. The summed E-state index contributed by atoms with van der Waals surface area (Å²) in [6, 6.07) is 9.55. The second-order valence-electron chi connectivity index (χ2n) is 5.13. The van der Waals surface area contributed by atoms with E-state index in [1.165, 1.54) is 0 Å². The summed E-state index contributed by atoms with van der Waals surface area (Å²) in [5.74, 6) is -0.204. The number of carbonyl (C=O) groups is 1. The summed E-state index contributed by atoms with van der Waals surface area (Å²) < 4.78 is 0. The molecule has 0 radical (unpaired) electrons. The number of aromatic nitrogens is 1. The smallest absolute Gasteiger partial charge is 0.308 e. The first-order chi connectivity index (χ1) is 9.63. The molecule has 0 amide bonds. The van der Waals surface area contributed by atoms with Crippen LogP contribution in [0.4, 0.5) is 5.82 Å². The lowest BCUT2D eigenvalue weighted by atomic mass is 9.98. The summed E-state index contributed by atoms with van der Waals surface area (Å²) in [4.78, 5) is 17.8. The standard InChI is InChI=1S/C15H15ClN2O2/c16-12-5-3-10-4-6-14(17-13(10)8-12)18-7-1-2-11(9-18)15(19)20/h3-6,8,11H,1-2,7,9H2,(H,19,20). The average molecular weight is 291 g/mol. The van der Waals surface area contributed by atoms with Crippen LogP contribution >= 0.6 is 11.6 Å². The first-order valence-electron chi connectivity index (χ1n) is 6.67. The molecule has 20 heavy (non-hydrogen) atoms. The number of aliphatic carboxylic acids is 1.